The average Bonchev–Trinajstić information content (AvgIpc) is 2.39. The quantitative estimate of drug-likeness (QED) is 0.517. The van der Waals surface area contributed by atoms with E-state index in [1.54, 1.807) is 6.92 Å². The maximum atomic E-state index is 11.2. The number of hydrogen-bond donors (Lipinski definition) is 0. The summed E-state index contributed by atoms with van der Waals surface area (Å²) in [5.74, 6) is 0.271. The SMILES string of the molecule is CC(=O)N1C2CCC1(C)CC2. The van der Waals surface area contributed by atoms with Crippen molar-refractivity contribution < 1.29 is 4.79 Å². The third-order valence-electron chi connectivity index (χ3n) is 3.32. The van der Waals surface area contributed by atoms with Gasteiger partial charge in [0.2, 0.25) is 5.91 Å². The highest BCUT2D eigenvalue weighted by Crippen LogP contribution is 2.45. The molecule has 2 rings (SSSR count). The van der Waals surface area contributed by atoms with Gasteiger partial charge in [-0.15, -0.1) is 0 Å². The van der Waals surface area contributed by atoms with E-state index in [0.717, 1.165) is 0 Å². The van der Waals surface area contributed by atoms with Gasteiger partial charge in [-0.05, 0) is 32.6 Å². The third-order valence-corrected chi connectivity index (χ3v) is 3.32. The largest absolute Gasteiger partial charge is 0.335 e. The summed E-state index contributed by atoms with van der Waals surface area (Å²) in [6, 6.07) is 0.581. The Hall–Kier alpha value is -0.530. The molecule has 0 saturated carbocycles. The zero-order chi connectivity index (χ0) is 8.06. The van der Waals surface area contributed by atoms with Gasteiger partial charge in [-0.3, -0.25) is 4.79 Å². The number of amides is 1. The van der Waals surface area contributed by atoms with Gasteiger partial charge in [-0.1, -0.05) is 0 Å². The van der Waals surface area contributed by atoms with Crippen LogP contribution in [0.25, 0.3) is 0 Å². The molecular weight excluding hydrogens is 138 g/mol. The number of nitrogens with zero attached hydrogens (tertiary/aromatic N) is 1. The second kappa shape index (κ2) is 1.99. The molecule has 0 N–H and O–H groups in total. The Morgan fingerprint density at radius 2 is 2.00 bits per heavy atom. The molecule has 1 amide bonds. The Morgan fingerprint density at radius 1 is 1.45 bits per heavy atom. The van der Waals surface area contributed by atoms with Crippen molar-refractivity contribution in [3.63, 3.8) is 0 Å². The van der Waals surface area contributed by atoms with Crippen LogP contribution in [0, 0.1) is 0 Å². The van der Waals surface area contributed by atoms with Crippen molar-refractivity contribution in [2.45, 2.75) is 51.1 Å². The molecule has 0 aromatic rings. The second-order valence-corrected chi connectivity index (χ2v) is 4.12. The molecule has 0 aromatic heterocycles. The van der Waals surface area contributed by atoms with E-state index in [0.29, 0.717) is 6.04 Å². The van der Waals surface area contributed by atoms with E-state index in [1.807, 2.05) is 0 Å². The molecule has 0 atom stereocenters. The Morgan fingerprint density at radius 3 is 2.18 bits per heavy atom. The van der Waals surface area contributed by atoms with Gasteiger partial charge in [0.25, 0.3) is 0 Å². The lowest BCUT2D eigenvalue weighted by Crippen LogP contribution is -2.41. The maximum absolute atomic E-state index is 11.2. The van der Waals surface area contributed by atoms with E-state index >= 15 is 0 Å². The van der Waals surface area contributed by atoms with Crippen LogP contribution in [0.2, 0.25) is 0 Å². The first-order valence-electron chi connectivity index (χ1n) is 4.43. The molecule has 62 valence electrons. The summed E-state index contributed by atoms with van der Waals surface area (Å²) in [5, 5.41) is 0. The molecule has 2 aliphatic heterocycles. The number of rotatable bonds is 0. The van der Waals surface area contributed by atoms with Crippen molar-refractivity contribution >= 4 is 5.91 Å². The van der Waals surface area contributed by atoms with Crippen molar-refractivity contribution in [3.8, 4) is 0 Å². The molecule has 2 heterocycles. The van der Waals surface area contributed by atoms with Crippen molar-refractivity contribution in [1.29, 1.82) is 0 Å². The van der Waals surface area contributed by atoms with Gasteiger partial charge in [-0.25, -0.2) is 0 Å². The van der Waals surface area contributed by atoms with Crippen LogP contribution in [0.1, 0.15) is 39.5 Å². The minimum Gasteiger partial charge on any atom is -0.335 e. The summed E-state index contributed by atoms with van der Waals surface area (Å²) in [6.07, 6.45) is 4.90. The first kappa shape index (κ1) is 7.14. The fraction of sp³-hybridized carbons (Fsp3) is 0.889. The summed E-state index contributed by atoms with van der Waals surface area (Å²) in [4.78, 5) is 13.3. The Bertz CT molecular complexity index is 192. The molecule has 2 saturated heterocycles. The molecule has 2 heteroatoms. The summed E-state index contributed by atoms with van der Waals surface area (Å²) in [5.41, 5.74) is 0.233. The fourth-order valence-corrected chi connectivity index (χ4v) is 2.80. The molecule has 0 aromatic carbocycles. The molecule has 2 aliphatic rings. The highest BCUT2D eigenvalue weighted by molar-refractivity contribution is 5.75. The van der Waals surface area contributed by atoms with E-state index in [-0.39, 0.29) is 11.4 Å². The van der Waals surface area contributed by atoms with Gasteiger partial charge in [0.1, 0.15) is 0 Å². The molecule has 2 nitrogen and oxygen atoms in total. The van der Waals surface area contributed by atoms with Crippen LogP contribution >= 0.6 is 0 Å². The average molecular weight is 153 g/mol. The number of carbonyl (C=O) groups is 1. The lowest BCUT2D eigenvalue weighted by atomic mass is 9.90. The van der Waals surface area contributed by atoms with Crippen LogP contribution < -0.4 is 0 Å². The Balaban J connectivity index is 2.28. The van der Waals surface area contributed by atoms with E-state index < -0.39 is 0 Å². The van der Waals surface area contributed by atoms with E-state index in [9.17, 15) is 4.79 Å². The highest BCUT2D eigenvalue weighted by Gasteiger charge is 2.49. The molecule has 2 bridgehead atoms. The molecule has 0 spiro atoms. The molecule has 11 heavy (non-hydrogen) atoms. The topological polar surface area (TPSA) is 20.3 Å². The highest BCUT2D eigenvalue weighted by atomic mass is 16.2. The summed E-state index contributed by atoms with van der Waals surface area (Å²) >= 11 is 0. The standard InChI is InChI=1S/C9H15NO/c1-7(11)10-8-3-5-9(10,2)6-4-8/h8H,3-6H2,1-2H3. The first-order valence-corrected chi connectivity index (χ1v) is 4.43. The van der Waals surface area contributed by atoms with Crippen LogP contribution in [0.4, 0.5) is 0 Å². The number of fused-ring (bicyclic) bond motifs is 2. The van der Waals surface area contributed by atoms with Gasteiger partial charge >= 0.3 is 0 Å². The summed E-state index contributed by atoms with van der Waals surface area (Å²) in [6.45, 7) is 3.92. The van der Waals surface area contributed by atoms with Crippen LogP contribution in [0.5, 0.6) is 0 Å². The minimum absolute atomic E-state index is 0.233. The predicted molar refractivity (Wildman–Crippen MR) is 43.2 cm³/mol. The Kier molecular flexibility index (Phi) is 1.29. The van der Waals surface area contributed by atoms with Gasteiger partial charge in [-0.2, -0.15) is 0 Å². The monoisotopic (exact) mass is 153 g/mol. The van der Waals surface area contributed by atoms with E-state index in [1.165, 1.54) is 25.7 Å². The lowest BCUT2D eigenvalue weighted by Gasteiger charge is -2.30. The molecule has 0 radical (unpaired) electrons. The minimum atomic E-state index is 0.233. The smallest absolute Gasteiger partial charge is 0.220 e. The van der Waals surface area contributed by atoms with Crippen molar-refractivity contribution in [1.82, 2.24) is 4.90 Å². The summed E-state index contributed by atoms with van der Waals surface area (Å²) in [7, 11) is 0. The molecule has 0 aliphatic carbocycles. The zero-order valence-electron chi connectivity index (χ0n) is 7.26. The van der Waals surface area contributed by atoms with Gasteiger partial charge in [0.15, 0.2) is 0 Å². The third kappa shape index (κ3) is 0.815. The van der Waals surface area contributed by atoms with Crippen LogP contribution in [0.3, 0.4) is 0 Å². The van der Waals surface area contributed by atoms with E-state index in [4.69, 9.17) is 0 Å². The van der Waals surface area contributed by atoms with Crippen LogP contribution in [-0.2, 0) is 4.79 Å². The molecular formula is C9H15NO. The number of hydrogen-bond acceptors (Lipinski definition) is 1. The first-order chi connectivity index (χ1) is 5.13. The van der Waals surface area contributed by atoms with Crippen molar-refractivity contribution in [2.75, 3.05) is 0 Å². The van der Waals surface area contributed by atoms with Crippen molar-refractivity contribution in [3.05, 3.63) is 0 Å². The molecule has 2 fully saturated rings. The van der Waals surface area contributed by atoms with Crippen LogP contribution in [-0.4, -0.2) is 22.4 Å². The second-order valence-electron chi connectivity index (χ2n) is 4.12. The fourth-order valence-electron chi connectivity index (χ4n) is 2.80. The number of carbonyl (C=O) groups excluding carboxylic acids is 1. The van der Waals surface area contributed by atoms with Gasteiger partial charge < -0.3 is 4.90 Å². The van der Waals surface area contributed by atoms with Crippen molar-refractivity contribution in [2.24, 2.45) is 0 Å². The summed E-state index contributed by atoms with van der Waals surface area (Å²) < 4.78 is 0. The lowest BCUT2D eigenvalue weighted by molar-refractivity contribution is -0.132. The molecule has 0 unspecified atom stereocenters. The normalized spacial score (nSPS) is 41.6. The zero-order valence-corrected chi connectivity index (χ0v) is 7.26. The predicted octanol–water partition coefficient (Wildman–Crippen LogP) is 1.55. The van der Waals surface area contributed by atoms with Gasteiger partial charge in [0, 0.05) is 18.5 Å². The van der Waals surface area contributed by atoms with E-state index in [2.05, 4.69) is 11.8 Å². The van der Waals surface area contributed by atoms with Gasteiger partial charge in [0.05, 0.1) is 0 Å². The van der Waals surface area contributed by atoms with Crippen LogP contribution in [0.15, 0.2) is 0 Å². The Labute approximate surface area is 67.6 Å². The maximum Gasteiger partial charge on any atom is 0.220 e.